The van der Waals surface area contributed by atoms with E-state index in [1.807, 2.05) is 6.92 Å². The minimum atomic E-state index is 0.0857. The second kappa shape index (κ2) is 9.11. The molecule has 0 saturated carbocycles. The molecule has 0 saturated heterocycles. The summed E-state index contributed by atoms with van der Waals surface area (Å²) >= 11 is 0. The van der Waals surface area contributed by atoms with Crippen LogP contribution >= 0.6 is 0 Å². The lowest BCUT2D eigenvalue weighted by Crippen LogP contribution is -3.12. The maximum absolute atomic E-state index is 11.9. The summed E-state index contributed by atoms with van der Waals surface area (Å²) in [5.74, 6) is 1.59. The highest BCUT2D eigenvalue weighted by Crippen LogP contribution is 2.34. The molecule has 1 aliphatic rings. The molecule has 0 radical (unpaired) electrons. The summed E-state index contributed by atoms with van der Waals surface area (Å²) < 4.78 is 11.0. The number of fused-ring (bicyclic) bond motifs is 1. The van der Waals surface area contributed by atoms with Crippen molar-refractivity contribution in [3.63, 3.8) is 0 Å². The van der Waals surface area contributed by atoms with E-state index in [0.29, 0.717) is 13.0 Å². The van der Waals surface area contributed by atoms with E-state index in [2.05, 4.69) is 48.6 Å². The monoisotopic (exact) mass is 383 g/mol. The maximum atomic E-state index is 11.9. The Balaban J connectivity index is 1.93. The molecular weight excluding hydrogens is 352 g/mol. The van der Waals surface area contributed by atoms with Gasteiger partial charge in [-0.25, -0.2) is 0 Å². The van der Waals surface area contributed by atoms with Gasteiger partial charge in [0.15, 0.2) is 11.5 Å². The summed E-state index contributed by atoms with van der Waals surface area (Å²) in [7, 11) is 3.33. The molecule has 5 heteroatoms. The van der Waals surface area contributed by atoms with Crippen molar-refractivity contribution < 1.29 is 19.2 Å². The number of nitrogens with one attached hydrogen (secondary N) is 2. The Kier molecular flexibility index (Phi) is 6.57. The van der Waals surface area contributed by atoms with Gasteiger partial charge in [-0.05, 0) is 24.6 Å². The molecule has 0 spiro atoms. The molecule has 1 heterocycles. The van der Waals surface area contributed by atoms with Gasteiger partial charge in [0.25, 0.3) is 0 Å². The Labute approximate surface area is 167 Å². The molecule has 0 fully saturated rings. The largest absolute Gasteiger partial charge is 0.493 e. The smallest absolute Gasteiger partial charge is 0.219 e. The molecule has 150 valence electrons. The number of hydrogen-bond donors (Lipinski definition) is 2. The Hall–Kier alpha value is -2.53. The fraction of sp³-hybridized carbons (Fsp3) is 0.435. The van der Waals surface area contributed by atoms with Crippen molar-refractivity contribution in [2.75, 3.05) is 27.3 Å². The van der Waals surface area contributed by atoms with Crippen LogP contribution in [0.25, 0.3) is 0 Å². The van der Waals surface area contributed by atoms with Crippen LogP contribution in [0, 0.1) is 6.92 Å². The van der Waals surface area contributed by atoms with Crippen LogP contribution < -0.4 is 19.7 Å². The SMILES string of the molecule is CCC(=O)NC[C@@H]1c2cc(OC)c(OC)cc2CC[NH+]1Cc1cccc(C)c1. The van der Waals surface area contributed by atoms with Crippen LogP contribution in [0.2, 0.25) is 0 Å². The first kappa shape index (κ1) is 20.2. The standard InChI is InChI=1S/C23H30N2O3/c1-5-23(26)24-14-20-19-13-22(28-4)21(27-3)12-18(19)9-10-25(20)15-17-8-6-7-16(2)11-17/h6-8,11-13,20H,5,9-10,14-15H2,1-4H3,(H,24,26)/p+1/t20-/m1/s1. The molecule has 1 amide bonds. The molecule has 0 aliphatic carbocycles. The first-order chi connectivity index (χ1) is 13.5. The fourth-order valence-electron chi connectivity index (χ4n) is 4.06. The van der Waals surface area contributed by atoms with Crippen molar-refractivity contribution in [1.29, 1.82) is 0 Å². The predicted octanol–water partition coefficient (Wildman–Crippen LogP) is 2.22. The second-order valence-corrected chi connectivity index (χ2v) is 7.44. The molecule has 2 aromatic carbocycles. The summed E-state index contributed by atoms with van der Waals surface area (Å²) in [6, 6.07) is 13.0. The highest BCUT2D eigenvalue weighted by molar-refractivity contribution is 5.75. The number of amides is 1. The van der Waals surface area contributed by atoms with Crippen LogP contribution in [0.15, 0.2) is 36.4 Å². The number of hydrogen-bond acceptors (Lipinski definition) is 3. The zero-order valence-corrected chi connectivity index (χ0v) is 17.3. The van der Waals surface area contributed by atoms with Crippen molar-refractivity contribution in [2.24, 2.45) is 0 Å². The molecule has 5 nitrogen and oxygen atoms in total. The van der Waals surface area contributed by atoms with Gasteiger partial charge in [0.05, 0.1) is 27.3 Å². The minimum absolute atomic E-state index is 0.0857. The van der Waals surface area contributed by atoms with Gasteiger partial charge in [0.1, 0.15) is 12.6 Å². The first-order valence-corrected chi connectivity index (χ1v) is 9.97. The van der Waals surface area contributed by atoms with Gasteiger partial charge in [0, 0.05) is 24.0 Å². The summed E-state index contributed by atoms with van der Waals surface area (Å²) in [6.45, 7) is 6.58. The van der Waals surface area contributed by atoms with E-state index < -0.39 is 0 Å². The lowest BCUT2D eigenvalue weighted by atomic mass is 9.91. The molecule has 2 N–H and O–H groups in total. The third-order valence-corrected chi connectivity index (χ3v) is 5.57. The molecule has 1 unspecified atom stereocenters. The highest BCUT2D eigenvalue weighted by Gasteiger charge is 2.32. The van der Waals surface area contributed by atoms with Gasteiger partial charge in [0.2, 0.25) is 5.91 Å². The van der Waals surface area contributed by atoms with E-state index in [1.165, 1.54) is 27.2 Å². The minimum Gasteiger partial charge on any atom is -0.493 e. The van der Waals surface area contributed by atoms with Crippen LogP contribution in [0.4, 0.5) is 0 Å². The van der Waals surface area contributed by atoms with Crippen LogP contribution in [0.1, 0.15) is 41.6 Å². The lowest BCUT2D eigenvalue weighted by Gasteiger charge is -2.35. The van der Waals surface area contributed by atoms with Crippen LogP contribution in [0.5, 0.6) is 11.5 Å². The number of carbonyl (C=O) groups excluding carboxylic acids is 1. The Morgan fingerprint density at radius 3 is 2.61 bits per heavy atom. The zero-order valence-electron chi connectivity index (χ0n) is 17.3. The van der Waals surface area contributed by atoms with Crippen molar-refractivity contribution in [1.82, 2.24) is 5.32 Å². The average Bonchev–Trinajstić information content (AvgIpc) is 2.71. The summed E-state index contributed by atoms with van der Waals surface area (Å²) in [6.07, 6.45) is 1.48. The fourth-order valence-corrected chi connectivity index (χ4v) is 4.06. The molecule has 0 aromatic heterocycles. The summed E-state index contributed by atoms with van der Waals surface area (Å²) in [5, 5.41) is 3.10. The quantitative estimate of drug-likeness (QED) is 0.771. The van der Waals surface area contributed by atoms with Gasteiger partial charge in [-0.15, -0.1) is 0 Å². The topological polar surface area (TPSA) is 52.0 Å². The normalized spacial score (nSPS) is 18.3. The number of methoxy groups -OCH3 is 2. The summed E-state index contributed by atoms with van der Waals surface area (Å²) in [4.78, 5) is 13.4. The second-order valence-electron chi connectivity index (χ2n) is 7.44. The average molecular weight is 384 g/mol. The number of ether oxygens (including phenoxy) is 2. The maximum Gasteiger partial charge on any atom is 0.219 e. The number of carbonyl (C=O) groups is 1. The van der Waals surface area contributed by atoms with E-state index in [4.69, 9.17) is 9.47 Å². The van der Waals surface area contributed by atoms with Crippen LogP contribution in [-0.2, 0) is 17.8 Å². The van der Waals surface area contributed by atoms with Gasteiger partial charge in [-0.1, -0.05) is 36.8 Å². The summed E-state index contributed by atoms with van der Waals surface area (Å²) in [5.41, 5.74) is 5.12. The van der Waals surface area contributed by atoms with Crippen LogP contribution in [-0.4, -0.2) is 33.2 Å². The van der Waals surface area contributed by atoms with E-state index in [-0.39, 0.29) is 11.9 Å². The molecular formula is C23H31N2O3+. The molecule has 1 aliphatic heterocycles. The van der Waals surface area contributed by atoms with Crippen molar-refractivity contribution >= 4 is 5.91 Å². The molecule has 2 aromatic rings. The molecule has 0 bridgehead atoms. The number of aryl methyl sites for hydroxylation is 1. The number of rotatable bonds is 7. The molecule has 3 rings (SSSR count). The Morgan fingerprint density at radius 2 is 1.93 bits per heavy atom. The van der Waals surface area contributed by atoms with Crippen LogP contribution in [0.3, 0.4) is 0 Å². The van der Waals surface area contributed by atoms with Crippen molar-refractivity contribution in [3.8, 4) is 11.5 Å². The third kappa shape index (κ3) is 4.47. The van der Waals surface area contributed by atoms with Crippen molar-refractivity contribution in [2.45, 2.75) is 39.3 Å². The van der Waals surface area contributed by atoms with E-state index in [0.717, 1.165) is 31.0 Å². The van der Waals surface area contributed by atoms with Gasteiger partial charge >= 0.3 is 0 Å². The number of quaternary nitrogens is 1. The van der Waals surface area contributed by atoms with E-state index in [9.17, 15) is 4.79 Å². The predicted molar refractivity (Wildman–Crippen MR) is 110 cm³/mol. The van der Waals surface area contributed by atoms with Gasteiger partial charge < -0.3 is 19.7 Å². The highest BCUT2D eigenvalue weighted by atomic mass is 16.5. The Bertz CT molecular complexity index is 835. The first-order valence-electron chi connectivity index (χ1n) is 9.97. The van der Waals surface area contributed by atoms with E-state index >= 15 is 0 Å². The third-order valence-electron chi connectivity index (χ3n) is 5.57. The molecule has 2 atom stereocenters. The Morgan fingerprint density at radius 1 is 1.18 bits per heavy atom. The lowest BCUT2D eigenvalue weighted by molar-refractivity contribution is -0.945. The van der Waals surface area contributed by atoms with Gasteiger partial charge in [-0.2, -0.15) is 0 Å². The van der Waals surface area contributed by atoms with Crippen molar-refractivity contribution in [3.05, 3.63) is 58.7 Å². The van der Waals surface area contributed by atoms with E-state index in [1.54, 1.807) is 14.2 Å². The molecule has 28 heavy (non-hydrogen) atoms. The van der Waals surface area contributed by atoms with Gasteiger partial charge in [-0.3, -0.25) is 4.79 Å². The zero-order chi connectivity index (χ0) is 20.1. The number of benzene rings is 2.